The average molecular weight is 546 g/mol. The molecular formula is C30H35N5O5. The third kappa shape index (κ3) is 4.82. The zero-order valence-electron chi connectivity index (χ0n) is 23.4. The van der Waals surface area contributed by atoms with Crippen LogP contribution in [0.2, 0.25) is 0 Å². The highest BCUT2D eigenvalue weighted by atomic mass is 16.5. The predicted octanol–water partition coefficient (Wildman–Crippen LogP) is 4.57. The number of methoxy groups -OCH3 is 2. The Kier molecular flexibility index (Phi) is 7.20. The third-order valence-corrected chi connectivity index (χ3v) is 7.96. The number of ether oxygens (including phenoxy) is 3. The molecule has 0 radical (unpaired) electrons. The second-order valence-electron chi connectivity index (χ2n) is 10.7. The summed E-state index contributed by atoms with van der Waals surface area (Å²) >= 11 is 0. The largest absolute Gasteiger partial charge is 0.493 e. The summed E-state index contributed by atoms with van der Waals surface area (Å²) in [6.45, 7) is 9.00. The molecular weight excluding hydrogens is 510 g/mol. The molecule has 2 aliphatic heterocycles. The van der Waals surface area contributed by atoms with Gasteiger partial charge in [-0.05, 0) is 54.3 Å². The Bertz CT molecular complexity index is 1520. The lowest BCUT2D eigenvalue weighted by Gasteiger charge is -2.31. The number of H-pyrrole nitrogens is 1. The van der Waals surface area contributed by atoms with Gasteiger partial charge in [-0.1, -0.05) is 13.8 Å². The number of morpholine rings is 1. The number of aromatic nitrogens is 3. The average Bonchev–Trinajstić information content (AvgIpc) is 3.75. The van der Waals surface area contributed by atoms with E-state index in [0.717, 1.165) is 60.4 Å². The van der Waals surface area contributed by atoms with Crippen molar-refractivity contribution in [1.29, 1.82) is 0 Å². The van der Waals surface area contributed by atoms with E-state index < -0.39 is 0 Å². The molecule has 1 atom stereocenters. The van der Waals surface area contributed by atoms with Crippen molar-refractivity contribution in [3.05, 3.63) is 47.9 Å². The Morgan fingerprint density at radius 1 is 1.00 bits per heavy atom. The zero-order valence-corrected chi connectivity index (χ0v) is 23.4. The molecule has 4 aromatic rings. The second kappa shape index (κ2) is 10.9. The molecule has 210 valence electrons. The molecule has 2 saturated heterocycles. The van der Waals surface area contributed by atoms with Crippen molar-refractivity contribution in [3.8, 4) is 34.2 Å². The Labute approximate surface area is 233 Å². The first-order chi connectivity index (χ1) is 19.5. The van der Waals surface area contributed by atoms with Gasteiger partial charge in [0, 0.05) is 54.3 Å². The monoisotopic (exact) mass is 545 g/mol. The number of benzene rings is 2. The van der Waals surface area contributed by atoms with Crippen LogP contribution >= 0.6 is 0 Å². The van der Waals surface area contributed by atoms with Crippen LogP contribution < -0.4 is 9.47 Å². The van der Waals surface area contributed by atoms with E-state index in [9.17, 15) is 4.79 Å². The van der Waals surface area contributed by atoms with Gasteiger partial charge < -0.3 is 28.5 Å². The van der Waals surface area contributed by atoms with Crippen molar-refractivity contribution in [2.45, 2.75) is 32.2 Å². The highest BCUT2D eigenvalue weighted by Crippen LogP contribution is 2.40. The van der Waals surface area contributed by atoms with Crippen LogP contribution in [0.4, 0.5) is 0 Å². The number of aromatic amines is 1. The zero-order chi connectivity index (χ0) is 27.8. The van der Waals surface area contributed by atoms with Gasteiger partial charge in [0.05, 0.1) is 33.1 Å². The molecule has 4 heterocycles. The Morgan fingerprint density at radius 2 is 1.77 bits per heavy atom. The van der Waals surface area contributed by atoms with E-state index in [1.165, 1.54) is 5.56 Å². The van der Waals surface area contributed by atoms with Gasteiger partial charge in [-0.3, -0.25) is 9.69 Å². The number of nitrogens with one attached hydrogen (secondary N) is 1. The molecule has 0 spiro atoms. The van der Waals surface area contributed by atoms with Crippen molar-refractivity contribution in [2.75, 3.05) is 53.6 Å². The SMILES string of the molecule is COc1ccc(-c2[nH]c3ccc(-c4nnc(C(=O)N5CCC(N6CCOCC6)C5)o4)cc3c2C(C)C)cc1OC. The standard InChI is InChI=1S/C30H35N5O5/c1-18(2)26-22-15-20(5-7-23(22)31-27(26)19-6-8-24(37-3)25(16-19)38-4)28-32-33-29(40-28)30(36)35-10-9-21(17-35)34-11-13-39-14-12-34/h5-8,15-16,18,21,31H,9-14,17H2,1-4H3. The topological polar surface area (TPSA) is 106 Å². The van der Waals surface area contributed by atoms with E-state index in [2.05, 4.69) is 40.0 Å². The van der Waals surface area contributed by atoms with E-state index in [1.807, 2.05) is 35.2 Å². The lowest BCUT2D eigenvalue weighted by atomic mass is 9.95. The van der Waals surface area contributed by atoms with Gasteiger partial charge in [-0.2, -0.15) is 0 Å². The van der Waals surface area contributed by atoms with Crippen LogP contribution in [0.15, 0.2) is 40.8 Å². The summed E-state index contributed by atoms with van der Waals surface area (Å²) < 4.78 is 22.4. The molecule has 40 heavy (non-hydrogen) atoms. The summed E-state index contributed by atoms with van der Waals surface area (Å²) in [7, 11) is 3.27. The maximum absolute atomic E-state index is 13.2. The van der Waals surface area contributed by atoms with Crippen molar-refractivity contribution >= 4 is 16.8 Å². The number of amides is 1. The summed E-state index contributed by atoms with van der Waals surface area (Å²) in [4.78, 5) is 21.0. The van der Waals surface area contributed by atoms with E-state index >= 15 is 0 Å². The molecule has 2 aromatic heterocycles. The quantitative estimate of drug-likeness (QED) is 0.360. The van der Waals surface area contributed by atoms with Crippen molar-refractivity contribution in [3.63, 3.8) is 0 Å². The molecule has 1 amide bonds. The first-order valence-electron chi connectivity index (χ1n) is 13.8. The van der Waals surface area contributed by atoms with Crippen LogP contribution in [0, 0.1) is 0 Å². The minimum Gasteiger partial charge on any atom is -0.493 e. The number of likely N-dealkylation sites (tertiary alicyclic amines) is 1. The normalized spacial score (nSPS) is 18.1. The Balaban J connectivity index is 1.27. The Hall–Kier alpha value is -3.89. The number of rotatable bonds is 7. The molecule has 0 bridgehead atoms. The van der Waals surface area contributed by atoms with E-state index in [1.54, 1.807) is 14.2 Å². The molecule has 1 N–H and O–H groups in total. The summed E-state index contributed by atoms with van der Waals surface area (Å²) in [6, 6.07) is 12.3. The van der Waals surface area contributed by atoms with Gasteiger partial charge in [0.1, 0.15) is 0 Å². The van der Waals surface area contributed by atoms with E-state index in [-0.39, 0.29) is 17.7 Å². The number of hydrogen-bond acceptors (Lipinski definition) is 8. The minimum absolute atomic E-state index is 0.0295. The molecule has 0 aliphatic carbocycles. The maximum atomic E-state index is 13.2. The van der Waals surface area contributed by atoms with Crippen LogP contribution in [0.1, 0.15) is 42.4 Å². The highest BCUT2D eigenvalue weighted by molar-refractivity contribution is 5.94. The second-order valence-corrected chi connectivity index (χ2v) is 10.7. The molecule has 2 fully saturated rings. The smallest absolute Gasteiger partial charge is 0.311 e. The molecule has 10 heteroatoms. The fraction of sp³-hybridized carbons (Fsp3) is 0.433. The minimum atomic E-state index is -0.212. The summed E-state index contributed by atoms with van der Waals surface area (Å²) in [5.41, 5.74) is 4.97. The fourth-order valence-electron chi connectivity index (χ4n) is 5.89. The van der Waals surface area contributed by atoms with Crippen LogP contribution in [0.3, 0.4) is 0 Å². The van der Waals surface area contributed by atoms with Gasteiger partial charge in [-0.25, -0.2) is 0 Å². The number of nitrogens with zero attached hydrogens (tertiary/aromatic N) is 4. The van der Waals surface area contributed by atoms with Gasteiger partial charge in [0.15, 0.2) is 11.5 Å². The van der Waals surface area contributed by atoms with Crippen LogP contribution in [0.5, 0.6) is 11.5 Å². The van der Waals surface area contributed by atoms with Crippen LogP contribution in [-0.2, 0) is 4.74 Å². The van der Waals surface area contributed by atoms with E-state index in [4.69, 9.17) is 18.6 Å². The lowest BCUT2D eigenvalue weighted by molar-refractivity contribution is 0.0184. The first-order valence-corrected chi connectivity index (χ1v) is 13.8. The number of carbonyl (C=O) groups excluding carboxylic acids is 1. The van der Waals surface area contributed by atoms with Crippen molar-refractivity contribution in [2.24, 2.45) is 0 Å². The van der Waals surface area contributed by atoms with Crippen LogP contribution in [0.25, 0.3) is 33.6 Å². The van der Waals surface area contributed by atoms with Gasteiger partial charge in [-0.15, -0.1) is 10.2 Å². The lowest BCUT2D eigenvalue weighted by Crippen LogP contribution is -2.45. The van der Waals surface area contributed by atoms with Crippen molar-refractivity contribution in [1.82, 2.24) is 25.0 Å². The number of carbonyl (C=O) groups is 1. The van der Waals surface area contributed by atoms with E-state index in [0.29, 0.717) is 36.5 Å². The molecule has 2 aromatic carbocycles. The predicted molar refractivity (Wildman–Crippen MR) is 151 cm³/mol. The summed E-state index contributed by atoms with van der Waals surface area (Å²) in [5.74, 6) is 1.74. The molecule has 10 nitrogen and oxygen atoms in total. The maximum Gasteiger partial charge on any atom is 0.311 e. The fourth-order valence-corrected chi connectivity index (χ4v) is 5.89. The summed E-state index contributed by atoms with van der Waals surface area (Å²) in [6.07, 6.45) is 0.942. The van der Waals surface area contributed by atoms with Gasteiger partial charge in [0.2, 0.25) is 5.89 Å². The third-order valence-electron chi connectivity index (χ3n) is 7.96. The molecule has 6 rings (SSSR count). The van der Waals surface area contributed by atoms with Gasteiger partial charge in [0.25, 0.3) is 0 Å². The summed E-state index contributed by atoms with van der Waals surface area (Å²) in [5, 5.41) is 9.44. The number of fused-ring (bicyclic) bond motifs is 1. The molecule has 2 aliphatic rings. The molecule has 1 unspecified atom stereocenters. The molecule has 0 saturated carbocycles. The van der Waals surface area contributed by atoms with Crippen LogP contribution in [-0.4, -0.2) is 90.5 Å². The van der Waals surface area contributed by atoms with Crippen molar-refractivity contribution < 1.29 is 23.4 Å². The first kappa shape index (κ1) is 26.3. The Morgan fingerprint density at radius 3 is 2.52 bits per heavy atom. The number of hydrogen-bond donors (Lipinski definition) is 1. The highest BCUT2D eigenvalue weighted by Gasteiger charge is 2.33. The van der Waals surface area contributed by atoms with Gasteiger partial charge >= 0.3 is 11.8 Å².